The maximum absolute atomic E-state index is 12.4. The average Bonchev–Trinajstić information content (AvgIpc) is 2.68. The lowest BCUT2D eigenvalue weighted by molar-refractivity contribution is -0.118. The van der Waals surface area contributed by atoms with Crippen LogP contribution in [0.4, 0.5) is 5.00 Å². The maximum atomic E-state index is 12.4. The Hall–Kier alpha value is -0.820. The van der Waals surface area contributed by atoms with Crippen molar-refractivity contribution in [3.63, 3.8) is 0 Å². The maximum Gasteiger partial charge on any atom is 0.251 e. The Morgan fingerprint density at radius 1 is 1.41 bits per heavy atom. The van der Waals surface area contributed by atoms with Gasteiger partial charge in [0, 0.05) is 10.3 Å². The van der Waals surface area contributed by atoms with Crippen LogP contribution in [-0.2, 0) is 22.6 Å². The number of ether oxygens (including phenoxy) is 1. The summed E-state index contributed by atoms with van der Waals surface area (Å²) < 4.78 is 4.29. The van der Waals surface area contributed by atoms with Crippen molar-refractivity contribution in [3.05, 3.63) is 16.0 Å². The van der Waals surface area contributed by atoms with Crippen molar-refractivity contribution >= 4 is 51.4 Å². The topological polar surface area (TPSA) is 81.4 Å². The van der Waals surface area contributed by atoms with Crippen molar-refractivity contribution in [1.29, 1.82) is 0 Å². The molecule has 8 heteroatoms. The van der Waals surface area contributed by atoms with Crippen LogP contribution in [0, 0.1) is 11.3 Å². The average molecular weight is 363 g/mol. The summed E-state index contributed by atoms with van der Waals surface area (Å²) in [6.45, 7) is 4.64. The van der Waals surface area contributed by atoms with E-state index in [2.05, 4.69) is 5.32 Å². The summed E-state index contributed by atoms with van der Waals surface area (Å²) in [6.07, 6.45) is 0.615. The van der Waals surface area contributed by atoms with E-state index in [-0.39, 0.29) is 5.91 Å². The van der Waals surface area contributed by atoms with E-state index in [0.29, 0.717) is 30.2 Å². The van der Waals surface area contributed by atoms with E-state index in [4.69, 9.17) is 33.7 Å². The highest BCUT2D eigenvalue weighted by atomic mass is 35.5. The highest BCUT2D eigenvalue weighted by molar-refractivity contribution is 7.17. The molecule has 0 radical (unpaired) electrons. The van der Waals surface area contributed by atoms with Crippen LogP contribution >= 0.6 is 34.5 Å². The number of nitrogens with two attached hydrogens (primary N) is 1. The molecule has 0 saturated heterocycles. The van der Waals surface area contributed by atoms with Crippen molar-refractivity contribution in [2.75, 3.05) is 11.9 Å². The summed E-state index contributed by atoms with van der Waals surface area (Å²) in [7, 11) is 0. The fraction of sp³-hybridized carbons (Fsp3) is 0.571. The van der Waals surface area contributed by atoms with Gasteiger partial charge in [-0.3, -0.25) is 9.59 Å². The molecule has 5 nitrogen and oxygen atoms in total. The van der Waals surface area contributed by atoms with Crippen LogP contribution in [0.5, 0.6) is 0 Å². The van der Waals surface area contributed by atoms with Crippen molar-refractivity contribution in [2.45, 2.75) is 31.2 Å². The first-order chi connectivity index (χ1) is 10.2. The summed E-state index contributed by atoms with van der Waals surface area (Å²) in [4.78, 5) is 25.1. The third-order valence-electron chi connectivity index (χ3n) is 4.43. The van der Waals surface area contributed by atoms with Gasteiger partial charge in [0.2, 0.25) is 5.91 Å². The van der Waals surface area contributed by atoms with E-state index in [1.54, 1.807) is 0 Å². The summed E-state index contributed by atoms with van der Waals surface area (Å²) >= 11 is 13.6. The first kappa shape index (κ1) is 16.1. The summed E-state index contributed by atoms with van der Waals surface area (Å²) in [5.41, 5.74) is 6.23. The van der Waals surface area contributed by atoms with E-state index < -0.39 is 21.6 Å². The van der Waals surface area contributed by atoms with Crippen molar-refractivity contribution in [3.8, 4) is 0 Å². The van der Waals surface area contributed by atoms with E-state index in [9.17, 15) is 9.59 Å². The number of thiophene rings is 1. The molecule has 0 aromatic carbocycles. The minimum absolute atomic E-state index is 0.294. The zero-order valence-electron chi connectivity index (χ0n) is 12.2. The molecule has 1 saturated carbocycles. The molecular weight excluding hydrogens is 347 g/mol. The van der Waals surface area contributed by atoms with Gasteiger partial charge in [-0.2, -0.15) is 0 Å². The number of amides is 2. The SMILES string of the molecule is CC1(C)C(C(=O)Nc2sc3c(c2C(N)=O)CCOC3)C1(Cl)Cl. The number of hydrogen-bond donors (Lipinski definition) is 2. The molecule has 1 atom stereocenters. The van der Waals surface area contributed by atoms with Gasteiger partial charge in [-0.25, -0.2) is 0 Å². The predicted molar refractivity (Wildman–Crippen MR) is 86.5 cm³/mol. The Bertz CT molecular complexity index is 655. The second-order valence-corrected chi connectivity index (χ2v) is 8.63. The normalized spacial score (nSPS) is 24.5. The highest BCUT2D eigenvalue weighted by Crippen LogP contribution is 2.68. The number of nitrogens with one attached hydrogen (secondary N) is 1. The number of anilines is 1. The van der Waals surface area contributed by atoms with Crippen molar-refractivity contribution in [1.82, 2.24) is 0 Å². The van der Waals surface area contributed by atoms with Crippen molar-refractivity contribution < 1.29 is 14.3 Å². The monoisotopic (exact) mass is 362 g/mol. The molecule has 3 N–H and O–H groups in total. The van der Waals surface area contributed by atoms with Gasteiger partial charge < -0.3 is 15.8 Å². The van der Waals surface area contributed by atoms with E-state index in [0.717, 1.165) is 10.4 Å². The molecule has 3 rings (SSSR count). The third-order valence-corrected chi connectivity index (χ3v) is 6.96. The number of halogens is 2. The third kappa shape index (κ3) is 2.24. The smallest absolute Gasteiger partial charge is 0.251 e. The van der Waals surface area contributed by atoms with Crippen LogP contribution in [0.2, 0.25) is 0 Å². The van der Waals surface area contributed by atoms with Crippen LogP contribution < -0.4 is 11.1 Å². The molecule has 1 aromatic heterocycles. The van der Waals surface area contributed by atoms with Gasteiger partial charge in [0.05, 0.1) is 24.7 Å². The first-order valence-electron chi connectivity index (χ1n) is 6.88. The van der Waals surface area contributed by atoms with Gasteiger partial charge in [-0.05, 0) is 12.0 Å². The van der Waals surface area contributed by atoms with E-state index in [1.165, 1.54) is 11.3 Å². The number of carbonyl (C=O) groups excluding carboxylic acids is 2. The second-order valence-electron chi connectivity index (χ2n) is 6.14. The van der Waals surface area contributed by atoms with Crippen LogP contribution in [0.15, 0.2) is 0 Å². The fourth-order valence-corrected chi connectivity index (χ4v) is 4.96. The molecule has 22 heavy (non-hydrogen) atoms. The molecule has 2 aliphatic rings. The molecule has 1 aromatic rings. The Kier molecular flexibility index (Phi) is 3.72. The van der Waals surface area contributed by atoms with Crippen LogP contribution in [0.3, 0.4) is 0 Å². The zero-order chi connectivity index (χ0) is 16.3. The van der Waals surface area contributed by atoms with Crippen LogP contribution in [0.1, 0.15) is 34.6 Å². The summed E-state index contributed by atoms with van der Waals surface area (Å²) in [5, 5.41) is 3.23. The molecule has 2 heterocycles. The number of rotatable bonds is 3. The van der Waals surface area contributed by atoms with E-state index in [1.807, 2.05) is 13.8 Å². The predicted octanol–water partition coefficient (Wildman–Crippen LogP) is 2.69. The second kappa shape index (κ2) is 5.09. The molecule has 120 valence electrons. The Morgan fingerprint density at radius 2 is 2.05 bits per heavy atom. The number of primary amides is 1. The number of hydrogen-bond acceptors (Lipinski definition) is 4. The molecule has 1 aliphatic heterocycles. The van der Waals surface area contributed by atoms with Gasteiger partial charge in [0.1, 0.15) is 9.33 Å². The van der Waals surface area contributed by atoms with Crippen LogP contribution in [0.25, 0.3) is 0 Å². The van der Waals surface area contributed by atoms with Gasteiger partial charge in [0.25, 0.3) is 5.91 Å². The molecule has 0 bridgehead atoms. The molecular formula is C14H16Cl2N2O3S. The number of fused-ring (bicyclic) bond motifs is 1. The van der Waals surface area contributed by atoms with Crippen LogP contribution in [-0.4, -0.2) is 22.8 Å². The van der Waals surface area contributed by atoms with Gasteiger partial charge in [0.15, 0.2) is 0 Å². The lowest BCUT2D eigenvalue weighted by atomic mass is 10.1. The summed E-state index contributed by atoms with van der Waals surface area (Å²) in [5.74, 6) is -1.37. The highest BCUT2D eigenvalue weighted by Gasteiger charge is 2.73. The Morgan fingerprint density at radius 3 is 2.59 bits per heavy atom. The molecule has 1 unspecified atom stereocenters. The van der Waals surface area contributed by atoms with E-state index >= 15 is 0 Å². The minimum Gasteiger partial charge on any atom is -0.376 e. The Balaban J connectivity index is 1.89. The Labute approximate surface area is 142 Å². The number of carbonyl (C=O) groups is 2. The van der Waals surface area contributed by atoms with Gasteiger partial charge >= 0.3 is 0 Å². The lowest BCUT2D eigenvalue weighted by Crippen LogP contribution is -2.21. The van der Waals surface area contributed by atoms with Crippen molar-refractivity contribution in [2.24, 2.45) is 17.1 Å². The minimum atomic E-state index is -1.09. The van der Waals surface area contributed by atoms with Gasteiger partial charge in [-0.1, -0.05) is 13.8 Å². The molecule has 1 aliphatic carbocycles. The number of alkyl halides is 2. The first-order valence-corrected chi connectivity index (χ1v) is 8.46. The van der Waals surface area contributed by atoms with Gasteiger partial charge in [-0.15, -0.1) is 34.5 Å². The lowest BCUT2D eigenvalue weighted by Gasteiger charge is -2.12. The molecule has 1 fully saturated rings. The molecule has 0 spiro atoms. The quantitative estimate of drug-likeness (QED) is 0.811. The summed E-state index contributed by atoms with van der Waals surface area (Å²) in [6, 6.07) is 0. The largest absolute Gasteiger partial charge is 0.376 e. The molecule has 2 amide bonds. The zero-order valence-corrected chi connectivity index (χ0v) is 14.5. The fourth-order valence-electron chi connectivity index (χ4n) is 2.92. The standard InChI is InChI=1S/C14H16Cl2N2O3S/c1-13(2)9(14(13,15)16)11(20)18-12-8(10(17)19)6-3-4-21-5-7(6)22-12/h9H,3-5H2,1-2H3,(H2,17,19)(H,18,20).